The average Bonchev–Trinajstić information content (AvgIpc) is 2.88. The van der Waals surface area contributed by atoms with Crippen molar-refractivity contribution in [3.8, 4) is 11.8 Å². The second-order valence-corrected chi connectivity index (χ2v) is 5.84. The summed E-state index contributed by atoms with van der Waals surface area (Å²) in [6, 6.07) is 6.84. The van der Waals surface area contributed by atoms with E-state index in [2.05, 4.69) is 21.5 Å². The van der Waals surface area contributed by atoms with Gasteiger partial charge in [0.05, 0.1) is 17.7 Å². The maximum Gasteiger partial charge on any atom is 0.221 e. The smallest absolute Gasteiger partial charge is 0.221 e. The third kappa shape index (κ3) is 2.27. The summed E-state index contributed by atoms with van der Waals surface area (Å²) in [7, 11) is 1.76. The van der Waals surface area contributed by atoms with Crippen LogP contribution in [0.5, 0.6) is 5.75 Å². The van der Waals surface area contributed by atoms with Gasteiger partial charge in [-0.15, -0.1) is 0 Å². The van der Waals surface area contributed by atoms with E-state index >= 15 is 0 Å². The van der Waals surface area contributed by atoms with Crippen LogP contribution in [0.2, 0.25) is 0 Å². The van der Waals surface area contributed by atoms with Crippen LogP contribution in [0.4, 0.5) is 5.95 Å². The third-order valence-electron chi connectivity index (χ3n) is 3.87. The van der Waals surface area contributed by atoms with E-state index in [1.54, 1.807) is 29.9 Å². The highest BCUT2D eigenvalue weighted by Gasteiger charge is 2.43. The van der Waals surface area contributed by atoms with Gasteiger partial charge in [0.25, 0.3) is 0 Å². The fraction of sp³-hybridized carbons (Fsp3) is 0.400. The van der Waals surface area contributed by atoms with Gasteiger partial charge in [-0.25, -0.2) is 4.68 Å². The molecule has 1 aromatic carbocycles. The molecule has 0 saturated heterocycles. The quantitative estimate of drug-likeness (QED) is 0.869. The molecule has 0 radical (unpaired) electrons. The Labute approximate surface area is 128 Å². The van der Waals surface area contributed by atoms with Crippen molar-refractivity contribution in [3.05, 3.63) is 35.7 Å². The SMILES string of the molecule is Cn1ncnc1N[C@@H]1c2cc(C#N)ccc2OC(C)(C)[C@H]1O. The number of benzene rings is 1. The number of aromatic nitrogens is 3. The number of aliphatic hydroxyl groups excluding tert-OH is 1. The van der Waals surface area contributed by atoms with Crippen LogP contribution in [0.1, 0.15) is 31.0 Å². The van der Waals surface area contributed by atoms with Crippen molar-refractivity contribution < 1.29 is 9.84 Å². The van der Waals surface area contributed by atoms with Crippen molar-refractivity contribution in [3.63, 3.8) is 0 Å². The van der Waals surface area contributed by atoms with Gasteiger partial charge in [0.15, 0.2) is 0 Å². The number of hydrogen-bond acceptors (Lipinski definition) is 6. The Morgan fingerprint density at radius 3 is 2.86 bits per heavy atom. The Morgan fingerprint density at radius 1 is 1.45 bits per heavy atom. The minimum atomic E-state index is -0.814. The number of nitriles is 1. The number of aryl methyl sites for hydroxylation is 1. The Bertz CT molecular complexity index is 747. The van der Waals surface area contributed by atoms with Crippen LogP contribution in [0.15, 0.2) is 24.5 Å². The first-order valence-electron chi connectivity index (χ1n) is 6.94. The summed E-state index contributed by atoms with van der Waals surface area (Å²) in [5, 5.41) is 27.0. The second kappa shape index (κ2) is 5.00. The average molecular weight is 299 g/mol. The number of nitrogens with one attached hydrogen (secondary N) is 1. The molecular weight excluding hydrogens is 282 g/mol. The van der Waals surface area contributed by atoms with Gasteiger partial charge in [0, 0.05) is 12.6 Å². The van der Waals surface area contributed by atoms with Crippen LogP contribution in [-0.2, 0) is 7.05 Å². The topological polar surface area (TPSA) is 96.0 Å². The standard InChI is InChI=1S/C15H17N5O2/c1-15(2)13(21)12(19-14-17-8-18-20(14)3)10-6-9(7-16)4-5-11(10)22-15/h4-6,8,12-13,21H,1-3H3,(H,17,18,19)/t12-,13+/m1/s1. The van der Waals surface area contributed by atoms with Crippen molar-refractivity contribution in [2.45, 2.75) is 31.6 Å². The Balaban J connectivity index is 2.07. The van der Waals surface area contributed by atoms with Crippen molar-refractivity contribution in [2.75, 3.05) is 5.32 Å². The highest BCUT2D eigenvalue weighted by atomic mass is 16.5. The monoisotopic (exact) mass is 299 g/mol. The normalized spacial score (nSPS) is 22.3. The van der Waals surface area contributed by atoms with Gasteiger partial charge >= 0.3 is 0 Å². The summed E-state index contributed by atoms with van der Waals surface area (Å²) in [5.41, 5.74) is 0.477. The lowest BCUT2D eigenvalue weighted by Crippen LogP contribution is -2.51. The Hall–Kier alpha value is -2.59. The summed E-state index contributed by atoms with van der Waals surface area (Å²) < 4.78 is 7.45. The molecule has 2 aromatic rings. The fourth-order valence-corrected chi connectivity index (χ4v) is 2.59. The summed E-state index contributed by atoms with van der Waals surface area (Å²) in [5.74, 6) is 1.18. The lowest BCUT2D eigenvalue weighted by Gasteiger charge is -2.42. The van der Waals surface area contributed by atoms with E-state index in [0.717, 1.165) is 5.56 Å². The largest absolute Gasteiger partial charge is 0.485 e. The van der Waals surface area contributed by atoms with Crippen molar-refractivity contribution in [1.29, 1.82) is 5.26 Å². The van der Waals surface area contributed by atoms with Crippen LogP contribution in [0, 0.1) is 11.3 Å². The van der Waals surface area contributed by atoms with Gasteiger partial charge in [-0.1, -0.05) is 0 Å². The van der Waals surface area contributed by atoms with E-state index in [9.17, 15) is 5.11 Å². The molecule has 0 unspecified atom stereocenters. The number of ether oxygens (including phenoxy) is 1. The Morgan fingerprint density at radius 2 is 2.23 bits per heavy atom. The van der Waals surface area contributed by atoms with E-state index in [4.69, 9.17) is 10.00 Å². The van der Waals surface area contributed by atoms with E-state index in [1.165, 1.54) is 6.33 Å². The molecule has 7 heteroatoms. The lowest BCUT2D eigenvalue weighted by molar-refractivity contribution is -0.0534. The zero-order chi connectivity index (χ0) is 15.9. The molecule has 2 N–H and O–H groups in total. The molecule has 0 bridgehead atoms. The van der Waals surface area contributed by atoms with Crippen LogP contribution in [-0.4, -0.2) is 31.6 Å². The van der Waals surface area contributed by atoms with Crippen LogP contribution in [0.3, 0.4) is 0 Å². The minimum absolute atomic E-state index is 0.449. The van der Waals surface area contributed by atoms with Crippen LogP contribution in [0.25, 0.3) is 0 Å². The summed E-state index contributed by atoms with van der Waals surface area (Å²) in [6.07, 6.45) is 0.622. The van der Waals surface area contributed by atoms with E-state index < -0.39 is 17.7 Å². The molecule has 7 nitrogen and oxygen atoms in total. The molecule has 22 heavy (non-hydrogen) atoms. The summed E-state index contributed by atoms with van der Waals surface area (Å²) in [6.45, 7) is 3.65. The van der Waals surface area contributed by atoms with E-state index in [0.29, 0.717) is 17.3 Å². The first-order valence-corrected chi connectivity index (χ1v) is 6.94. The zero-order valence-electron chi connectivity index (χ0n) is 12.6. The number of hydrogen-bond donors (Lipinski definition) is 2. The molecule has 1 aliphatic rings. The number of aliphatic hydroxyl groups is 1. The molecule has 114 valence electrons. The summed E-state index contributed by atoms with van der Waals surface area (Å²) >= 11 is 0. The predicted molar refractivity (Wildman–Crippen MR) is 79.2 cm³/mol. The highest BCUT2D eigenvalue weighted by Crippen LogP contribution is 2.41. The molecule has 0 aliphatic carbocycles. The van der Waals surface area contributed by atoms with Crippen molar-refractivity contribution in [1.82, 2.24) is 14.8 Å². The summed E-state index contributed by atoms with van der Waals surface area (Å²) in [4.78, 5) is 4.13. The van der Waals surface area contributed by atoms with Crippen molar-refractivity contribution in [2.24, 2.45) is 7.05 Å². The fourth-order valence-electron chi connectivity index (χ4n) is 2.59. The van der Waals surface area contributed by atoms with Gasteiger partial charge < -0.3 is 15.2 Å². The lowest BCUT2D eigenvalue weighted by atomic mass is 9.86. The minimum Gasteiger partial charge on any atom is -0.485 e. The number of anilines is 1. The molecule has 1 aromatic heterocycles. The number of fused-ring (bicyclic) bond motifs is 1. The molecule has 1 aliphatic heterocycles. The van der Waals surface area contributed by atoms with Crippen LogP contribution >= 0.6 is 0 Å². The molecule has 0 saturated carbocycles. The van der Waals surface area contributed by atoms with Gasteiger partial charge in [-0.3, -0.25) is 0 Å². The first-order chi connectivity index (χ1) is 10.4. The third-order valence-corrected chi connectivity index (χ3v) is 3.87. The number of nitrogens with zero attached hydrogens (tertiary/aromatic N) is 4. The van der Waals surface area contributed by atoms with Gasteiger partial charge in [-0.05, 0) is 32.0 Å². The second-order valence-electron chi connectivity index (χ2n) is 5.84. The maximum atomic E-state index is 10.7. The molecule has 0 amide bonds. The van der Waals surface area contributed by atoms with Crippen LogP contribution < -0.4 is 10.1 Å². The Kier molecular flexibility index (Phi) is 3.26. The van der Waals surface area contributed by atoms with E-state index in [1.807, 2.05) is 13.8 Å². The number of rotatable bonds is 2. The molecule has 2 heterocycles. The zero-order valence-corrected chi connectivity index (χ0v) is 12.6. The highest BCUT2D eigenvalue weighted by molar-refractivity contribution is 5.49. The first kappa shape index (κ1) is 14.4. The van der Waals surface area contributed by atoms with Gasteiger partial charge in [0.1, 0.15) is 23.8 Å². The molecule has 3 rings (SSSR count). The molecule has 2 atom stereocenters. The van der Waals surface area contributed by atoms with E-state index in [-0.39, 0.29) is 0 Å². The van der Waals surface area contributed by atoms with Gasteiger partial charge in [-0.2, -0.15) is 15.3 Å². The molecular formula is C15H17N5O2. The predicted octanol–water partition coefficient (Wildman–Crippen LogP) is 1.37. The maximum absolute atomic E-state index is 10.7. The van der Waals surface area contributed by atoms with Crippen molar-refractivity contribution >= 4 is 5.95 Å². The van der Waals surface area contributed by atoms with Gasteiger partial charge in [0.2, 0.25) is 5.95 Å². The molecule has 0 fully saturated rings. The molecule has 0 spiro atoms.